The van der Waals surface area contributed by atoms with Gasteiger partial charge in [0.05, 0.1) is 5.56 Å². The molecule has 0 fully saturated rings. The lowest BCUT2D eigenvalue weighted by molar-refractivity contribution is 0.0999. The van der Waals surface area contributed by atoms with Crippen LogP contribution in [0.2, 0.25) is 0 Å². The summed E-state index contributed by atoms with van der Waals surface area (Å²) >= 11 is 3.32. The van der Waals surface area contributed by atoms with Crippen LogP contribution in [0, 0.1) is 0 Å². The molecule has 1 rings (SSSR count). The van der Waals surface area contributed by atoms with E-state index in [-0.39, 0.29) is 0 Å². The minimum absolute atomic E-state index is 0.394. The van der Waals surface area contributed by atoms with Crippen molar-refractivity contribution >= 4 is 21.8 Å². The maximum atomic E-state index is 10.9. The van der Waals surface area contributed by atoms with Crippen molar-refractivity contribution < 1.29 is 4.79 Å². The first kappa shape index (κ1) is 10.3. The summed E-state index contributed by atoms with van der Waals surface area (Å²) in [6.07, 6.45) is 2.12. The molecule has 2 nitrogen and oxygen atoms in total. The Morgan fingerprint density at radius 3 is 2.69 bits per heavy atom. The standard InChI is InChI=1S/C10H12BrNO/c1-2-3-7-4-5-8(10(12)13)9(11)6-7/h4-6H,2-3H2,1H3,(H2,12,13). The van der Waals surface area contributed by atoms with Crippen molar-refractivity contribution in [2.75, 3.05) is 0 Å². The van der Waals surface area contributed by atoms with Crippen molar-refractivity contribution in [2.24, 2.45) is 5.73 Å². The second kappa shape index (κ2) is 4.42. The molecule has 70 valence electrons. The molecule has 13 heavy (non-hydrogen) atoms. The fraction of sp³-hybridized carbons (Fsp3) is 0.300. The summed E-state index contributed by atoms with van der Waals surface area (Å²) in [5, 5.41) is 0. The van der Waals surface area contributed by atoms with E-state index in [9.17, 15) is 4.79 Å². The zero-order chi connectivity index (χ0) is 9.84. The molecule has 2 N–H and O–H groups in total. The number of hydrogen-bond donors (Lipinski definition) is 1. The van der Waals surface area contributed by atoms with Gasteiger partial charge in [0.15, 0.2) is 0 Å². The molecular weight excluding hydrogens is 230 g/mol. The molecule has 0 saturated carbocycles. The van der Waals surface area contributed by atoms with Crippen molar-refractivity contribution in [3.05, 3.63) is 33.8 Å². The van der Waals surface area contributed by atoms with Gasteiger partial charge >= 0.3 is 0 Å². The number of carbonyl (C=O) groups is 1. The molecule has 0 aliphatic carbocycles. The lowest BCUT2D eigenvalue weighted by atomic mass is 10.1. The van der Waals surface area contributed by atoms with Crippen LogP contribution in [-0.4, -0.2) is 5.91 Å². The highest BCUT2D eigenvalue weighted by Crippen LogP contribution is 2.18. The van der Waals surface area contributed by atoms with Crippen LogP contribution in [0.5, 0.6) is 0 Å². The van der Waals surface area contributed by atoms with E-state index in [0.717, 1.165) is 17.3 Å². The van der Waals surface area contributed by atoms with E-state index in [1.54, 1.807) is 6.07 Å². The van der Waals surface area contributed by atoms with Crippen molar-refractivity contribution in [3.8, 4) is 0 Å². The third-order valence-electron chi connectivity index (χ3n) is 1.84. The van der Waals surface area contributed by atoms with Gasteiger partial charge < -0.3 is 5.73 Å². The van der Waals surface area contributed by atoms with Crippen molar-refractivity contribution in [3.63, 3.8) is 0 Å². The average molecular weight is 242 g/mol. The molecule has 1 amide bonds. The highest BCUT2D eigenvalue weighted by molar-refractivity contribution is 9.10. The van der Waals surface area contributed by atoms with Gasteiger partial charge in [0.2, 0.25) is 5.91 Å². The predicted molar refractivity (Wildman–Crippen MR) is 56.7 cm³/mol. The molecule has 0 aromatic heterocycles. The van der Waals surface area contributed by atoms with Crippen LogP contribution in [0.15, 0.2) is 22.7 Å². The molecular formula is C10H12BrNO. The van der Waals surface area contributed by atoms with E-state index < -0.39 is 5.91 Å². The van der Waals surface area contributed by atoms with Gasteiger partial charge in [-0.25, -0.2) is 0 Å². The van der Waals surface area contributed by atoms with Crippen molar-refractivity contribution in [2.45, 2.75) is 19.8 Å². The van der Waals surface area contributed by atoms with Crippen LogP contribution in [0.1, 0.15) is 29.3 Å². The Morgan fingerprint density at radius 1 is 1.54 bits per heavy atom. The molecule has 1 aromatic carbocycles. The first-order valence-electron chi connectivity index (χ1n) is 4.23. The Balaban J connectivity index is 2.98. The van der Waals surface area contributed by atoms with Gasteiger partial charge in [-0.2, -0.15) is 0 Å². The van der Waals surface area contributed by atoms with Crippen LogP contribution in [0.4, 0.5) is 0 Å². The Bertz CT molecular complexity index is 323. The summed E-state index contributed by atoms with van der Waals surface area (Å²) in [4.78, 5) is 10.9. The first-order chi connectivity index (χ1) is 6.15. The van der Waals surface area contributed by atoms with E-state index >= 15 is 0 Å². The summed E-state index contributed by atoms with van der Waals surface area (Å²) in [6.45, 7) is 2.12. The van der Waals surface area contributed by atoms with Gasteiger partial charge in [-0.05, 0) is 40.0 Å². The third-order valence-corrected chi connectivity index (χ3v) is 2.49. The Morgan fingerprint density at radius 2 is 2.23 bits per heavy atom. The molecule has 3 heteroatoms. The van der Waals surface area contributed by atoms with Gasteiger partial charge in [-0.15, -0.1) is 0 Å². The second-order valence-corrected chi connectivity index (χ2v) is 3.78. The highest BCUT2D eigenvalue weighted by Gasteiger charge is 2.05. The molecule has 0 spiro atoms. The van der Waals surface area contributed by atoms with Crippen LogP contribution in [0.3, 0.4) is 0 Å². The quantitative estimate of drug-likeness (QED) is 0.869. The second-order valence-electron chi connectivity index (χ2n) is 2.93. The highest BCUT2D eigenvalue weighted by atomic mass is 79.9. The number of benzene rings is 1. The summed E-state index contributed by atoms with van der Waals surface area (Å²) < 4.78 is 0.783. The molecule has 0 aliphatic rings. The number of nitrogens with two attached hydrogens (primary N) is 1. The maximum absolute atomic E-state index is 10.9. The number of aryl methyl sites for hydroxylation is 1. The molecule has 0 saturated heterocycles. The molecule has 1 aromatic rings. The lowest BCUT2D eigenvalue weighted by Crippen LogP contribution is -2.11. The number of halogens is 1. The third kappa shape index (κ3) is 2.56. The number of primary amides is 1. The maximum Gasteiger partial charge on any atom is 0.249 e. The fourth-order valence-corrected chi connectivity index (χ4v) is 1.82. The SMILES string of the molecule is CCCc1ccc(C(N)=O)c(Br)c1. The fourth-order valence-electron chi connectivity index (χ4n) is 1.20. The van der Waals surface area contributed by atoms with E-state index in [0.29, 0.717) is 5.56 Å². The molecule has 0 heterocycles. The smallest absolute Gasteiger partial charge is 0.249 e. The van der Waals surface area contributed by atoms with Gasteiger partial charge in [-0.3, -0.25) is 4.79 Å². The largest absolute Gasteiger partial charge is 0.366 e. The van der Waals surface area contributed by atoms with Crippen LogP contribution < -0.4 is 5.73 Å². The van der Waals surface area contributed by atoms with E-state index in [2.05, 4.69) is 22.9 Å². The summed E-state index contributed by atoms with van der Waals surface area (Å²) in [5.74, 6) is -0.394. The summed E-state index contributed by atoms with van der Waals surface area (Å²) in [5.41, 5.74) is 6.93. The van der Waals surface area contributed by atoms with Gasteiger partial charge in [0.1, 0.15) is 0 Å². The number of amides is 1. The summed E-state index contributed by atoms with van der Waals surface area (Å²) in [7, 11) is 0. The first-order valence-corrected chi connectivity index (χ1v) is 5.02. The normalized spacial score (nSPS) is 10.0. The lowest BCUT2D eigenvalue weighted by Gasteiger charge is -2.03. The minimum Gasteiger partial charge on any atom is -0.366 e. The van der Waals surface area contributed by atoms with Crippen LogP contribution in [-0.2, 0) is 6.42 Å². The average Bonchev–Trinajstić information content (AvgIpc) is 2.04. The van der Waals surface area contributed by atoms with Crippen molar-refractivity contribution in [1.82, 2.24) is 0 Å². The number of rotatable bonds is 3. The van der Waals surface area contributed by atoms with E-state index in [4.69, 9.17) is 5.73 Å². The molecule has 0 radical (unpaired) electrons. The molecule has 0 bridgehead atoms. The zero-order valence-electron chi connectivity index (χ0n) is 7.51. The molecule has 0 atom stereocenters. The predicted octanol–water partition coefficient (Wildman–Crippen LogP) is 2.50. The van der Waals surface area contributed by atoms with Gasteiger partial charge in [-0.1, -0.05) is 19.4 Å². The van der Waals surface area contributed by atoms with E-state index in [1.165, 1.54) is 5.56 Å². The number of carbonyl (C=O) groups excluding carboxylic acids is 1. The zero-order valence-corrected chi connectivity index (χ0v) is 9.10. The van der Waals surface area contributed by atoms with Crippen molar-refractivity contribution in [1.29, 1.82) is 0 Å². The summed E-state index contributed by atoms with van der Waals surface area (Å²) in [6, 6.07) is 5.65. The topological polar surface area (TPSA) is 43.1 Å². The number of hydrogen-bond acceptors (Lipinski definition) is 1. The van der Waals surface area contributed by atoms with Crippen LogP contribution in [0.25, 0.3) is 0 Å². The minimum atomic E-state index is -0.394. The Kier molecular flexibility index (Phi) is 3.48. The molecule has 0 aliphatic heterocycles. The Hall–Kier alpha value is -0.830. The van der Waals surface area contributed by atoms with E-state index in [1.807, 2.05) is 12.1 Å². The molecule has 0 unspecified atom stereocenters. The van der Waals surface area contributed by atoms with Gasteiger partial charge in [0, 0.05) is 4.47 Å². The Labute approximate surface area is 86.3 Å². The monoisotopic (exact) mass is 241 g/mol. The van der Waals surface area contributed by atoms with Crippen LogP contribution >= 0.6 is 15.9 Å². The van der Waals surface area contributed by atoms with Gasteiger partial charge in [0.25, 0.3) is 0 Å².